The Hall–Kier alpha value is -0.500. The van der Waals surface area contributed by atoms with Crippen LogP contribution in [0.15, 0.2) is 12.3 Å². The van der Waals surface area contributed by atoms with Crippen LogP contribution in [-0.4, -0.2) is 32.6 Å². The van der Waals surface area contributed by atoms with E-state index in [-0.39, 0.29) is 0 Å². The van der Waals surface area contributed by atoms with Crippen LogP contribution in [-0.2, 0) is 0 Å². The largest absolute Gasteiger partial charge is 0.392 e. The molecule has 0 spiro atoms. The lowest BCUT2D eigenvalue weighted by atomic mass is 10.3. The van der Waals surface area contributed by atoms with Gasteiger partial charge in [0.25, 0.3) is 0 Å². The van der Waals surface area contributed by atoms with Crippen molar-refractivity contribution in [3.63, 3.8) is 0 Å². The predicted molar refractivity (Wildman–Crippen MR) is 41.4 cm³/mol. The third-order valence-electron chi connectivity index (χ3n) is 1.21. The minimum absolute atomic E-state index is 1.03. The Labute approximate surface area is 57.5 Å². The van der Waals surface area contributed by atoms with Gasteiger partial charge >= 0.3 is 0 Å². The molecule has 0 aromatic rings. The average molecular weight is 128 g/mol. The summed E-state index contributed by atoms with van der Waals surface area (Å²) in [6.45, 7) is 4.88. The summed E-state index contributed by atoms with van der Waals surface area (Å²) >= 11 is 0. The van der Waals surface area contributed by atoms with Gasteiger partial charge in [-0.1, -0.05) is 6.58 Å². The van der Waals surface area contributed by atoms with E-state index in [1.165, 1.54) is 0 Å². The van der Waals surface area contributed by atoms with Gasteiger partial charge in [-0.15, -0.1) is 0 Å². The summed E-state index contributed by atoms with van der Waals surface area (Å²) in [4.78, 5) is 2.14. The highest BCUT2D eigenvalue weighted by atomic mass is 15.1. The topological polar surface area (TPSA) is 15.3 Å². The number of hydrogen-bond donors (Lipinski definition) is 1. The molecule has 2 heteroatoms. The first-order chi connectivity index (χ1) is 4.16. The first kappa shape index (κ1) is 8.50. The summed E-state index contributed by atoms with van der Waals surface area (Å²) in [5.41, 5.74) is 1.10. The summed E-state index contributed by atoms with van der Waals surface area (Å²) in [5.74, 6) is 0. The fraction of sp³-hybridized carbons (Fsp3) is 0.714. The van der Waals surface area contributed by atoms with E-state index in [9.17, 15) is 0 Å². The van der Waals surface area contributed by atoms with Crippen LogP contribution in [0.3, 0.4) is 0 Å². The van der Waals surface area contributed by atoms with Crippen LogP contribution in [0.25, 0.3) is 0 Å². The summed E-state index contributed by atoms with van der Waals surface area (Å²) in [6, 6.07) is 0. The maximum Gasteiger partial charge on any atom is 0.00438 e. The second-order valence-electron chi connectivity index (χ2n) is 2.41. The lowest BCUT2D eigenvalue weighted by Gasteiger charge is -2.09. The third-order valence-corrected chi connectivity index (χ3v) is 1.21. The summed E-state index contributed by atoms with van der Waals surface area (Å²) in [7, 11) is 6.02. The minimum atomic E-state index is 1.03. The smallest absolute Gasteiger partial charge is 0.00438 e. The van der Waals surface area contributed by atoms with E-state index in [1.807, 2.05) is 7.05 Å². The van der Waals surface area contributed by atoms with E-state index in [2.05, 4.69) is 30.9 Å². The Balaban J connectivity index is 3.17. The minimum Gasteiger partial charge on any atom is -0.392 e. The standard InChI is InChI=1S/C7H16N2/c1-7(8-2)5-6-9(3)4/h8H,1,5-6H2,2-4H3. The van der Waals surface area contributed by atoms with E-state index in [0.717, 1.165) is 18.7 Å². The monoisotopic (exact) mass is 128 g/mol. The highest BCUT2D eigenvalue weighted by molar-refractivity contribution is 4.89. The molecule has 0 aromatic heterocycles. The first-order valence-corrected chi connectivity index (χ1v) is 3.17. The number of rotatable bonds is 4. The zero-order valence-electron chi connectivity index (χ0n) is 6.57. The summed E-state index contributed by atoms with van der Waals surface area (Å²) in [5, 5.41) is 3.00. The fourth-order valence-corrected chi connectivity index (χ4v) is 0.484. The van der Waals surface area contributed by atoms with Crippen molar-refractivity contribution in [2.45, 2.75) is 6.42 Å². The molecular formula is C7H16N2. The van der Waals surface area contributed by atoms with Gasteiger partial charge in [-0.2, -0.15) is 0 Å². The molecule has 1 N–H and O–H groups in total. The Morgan fingerprint density at radius 1 is 1.56 bits per heavy atom. The molecular weight excluding hydrogens is 112 g/mol. The van der Waals surface area contributed by atoms with Crippen molar-refractivity contribution in [2.75, 3.05) is 27.7 Å². The molecule has 9 heavy (non-hydrogen) atoms. The molecule has 0 bridgehead atoms. The first-order valence-electron chi connectivity index (χ1n) is 3.17. The van der Waals surface area contributed by atoms with Crippen LogP contribution in [0, 0.1) is 0 Å². The predicted octanol–water partition coefficient (Wildman–Crippen LogP) is 0.671. The number of hydrogen-bond acceptors (Lipinski definition) is 2. The Kier molecular flexibility index (Phi) is 4.14. The van der Waals surface area contributed by atoms with Crippen molar-refractivity contribution < 1.29 is 0 Å². The molecule has 0 saturated heterocycles. The highest BCUT2D eigenvalue weighted by Crippen LogP contribution is 1.91. The van der Waals surface area contributed by atoms with E-state index < -0.39 is 0 Å². The van der Waals surface area contributed by atoms with Crippen LogP contribution in [0.4, 0.5) is 0 Å². The molecule has 0 amide bonds. The van der Waals surface area contributed by atoms with Crippen LogP contribution in [0.2, 0.25) is 0 Å². The molecule has 0 aliphatic heterocycles. The van der Waals surface area contributed by atoms with Crippen molar-refractivity contribution in [3.8, 4) is 0 Å². The van der Waals surface area contributed by atoms with Crippen LogP contribution < -0.4 is 5.32 Å². The van der Waals surface area contributed by atoms with Crippen LogP contribution >= 0.6 is 0 Å². The molecule has 0 aliphatic carbocycles. The van der Waals surface area contributed by atoms with Gasteiger partial charge in [-0.05, 0) is 20.5 Å². The van der Waals surface area contributed by atoms with Gasteiger partial charge < -0.3 is 10.2 Å². The molecule has 0 atom stereocenters. The van der Waals surface area contributed by atoms with Crippen molar-refractivity contribution in [2.24, 2.45) is 0 Å². The third kappa shape index (κ3) is 5.37. The molecule has 2 nitrogen and oxygen atoms in total. The van der Waals surface area contributed by atoms with E-state index in [4.69, 9.17) is 0 Å². The maximum atomic E-state index is 3.81. The Bertz CT molecular complexity index is 86.9. The SMILES string of the molecule is C=C(CCN(C)C)NC. The second-order valence-corrected chi connectivity index (χ2v) is 2.41. The molecule has 0 radical (unpaired) electrons. The van der Waals surface area contributed by atoms with Gasteiger partial charge in [0.05, 0.1) is 0 Å². The summed E-state index contributed by atoms with van der Waals surface area (Å²) in [6.07, 6.45) is 1.03. The van der Waals surface area contributed by atoms with Gasteiger partial charge in [-0.25, -0.2) is 0 Å². The van der Waals surface area contributed by atoms with Crippen molar-refractivity contribution in [1.82, 2.24) is 10.2 Å². The zero-order chi connectivity index (χ0) is 7.28. The normalized spacial score (nSPS) is 9.78. The molecule has 0 saturated carbocycles. The van der Waals surface area contributed by atoms with Crippen molar-refractivity contribution in [3.05, 3.63) is 12.3 Å². The van der Waals surface area contributed by atoms with Crippen molar-refractivity contribution in [1.29, 1.82) is 0 Å². The lowest BCUT2D eigenvalue weighted by molar-refractivity contribution is 0.410. The molecule has 0 fully saturated rings. The Morgan fingerprint density at radius 2 is 2.11 bits per heavy atom. The number of nitrogens with one attached hydrogen (secondary N) is 1. The molecule has 0 rings (SSSR count). The van der Waals surface area contributed by atoms with Crippen LogP contribution in [0.5, 0.6) is 0 Å². The highest BCUT2D eigenvalue weighted by Gasteiger charge is 1.90. The van der Waals surface area contributed by atoms with Crippen molar-refractivity contribution >= 4 is 0 Å². The fourth-order valence-electron chi connectivity index (χ4n) is 0.484. The maximum absolute atomic E-state index is 3.81. The molecule has 0 aliphatic rings. The summed E-state index contributed by atoms with van der Waals surface area (Å²) < 4.78 is 0. The van der Waals surface area contributed by atoms with Crippen LogP contribution in [0.1, 0.15) is 6.42 Å². The van der Waals surface area contributed by atoms with E-state index in [1.54, 1.807) is 0 Å². The average Bonchev–Trinajstić information content (AvgIpc) is 1.83. The molecule has 0 unspecified atom stereocenters. The quantitative estimate of drug-likeness (QED) is 0.598. The molecule has 0 heterocycles. The molecule has 0 aromatic carbocycles. The zero-order valence-corrected chi connectivity index (χ0v) is 6.57. The van der Waals surface area contributed by atoms with E-state index >= 15 is 0 Å². The Morgan fingerprint density at radius 3 is 2.44 bits per heavy atom. The van der Waals surface area contributed by atoms with Gasteiger partial charge in [0.1, 0.15) is 0 Å². The van der Waals surface area contributed by atoms with E-state index in [0.29, 0.717) is 0 Å². The second kappa shape index (κ2) is 4.39. The van der Waals surface area contributed by atoms with Gasteiger partial charge in [0, 0.05) is 19.3 Å². The molecule has 54 valence electrons. The van der Waals surface area contributed by atoms with Gasteiger partial charge in [-0.3, -0.25) is 0 Å². The lowest BCUT2D eigenvalue weighted by Crippen LogP contribution is -2.16. The van der Waals surface area contributed by atoms with Gasteiger partial charge in [0.15, 0.2) is 0 Å². The van der Waals surface area contributed by atoms with Gasteiger partial charge in [0.2, 0.25) is 0 Å². The number of nitrogens with zero attached hydrogens (tertiary/aromatic N) is 1.